The summed E-state index contributed by atoms with van der Waals surface area (Å²) in [5.41, 5.74) is 1.66. The lowest BCUT2D eigenvalue weighted by atomic mass is 10.2. The lowest BCUT2D eigenvalue weighted by molar-refractivity contribution is 0.443. The maximum Gasteiger partial charge on any atom is 0.165 e. The second-order valence-electron chi connectivity index (χ2n) is 7.40. The highest BCUT2D eigenvalue weighted by Gasteiger charge is 2.07. The van der Waals surface area contributed by atoms with E-state index < -0.39 is 0 Å². The molecular weight excluding hydrogens is 565 g/mol. The highest BCUT2D eigenvalue weighted by molar-refractivity contribution is 14.1. The minimum atomic E-state index is -0.380. The Morgan fingerprint density at radius 2 is 1.34 bits per heavy atom. The third kappa shape index (κ3) is 5.24. The van der Waals surface area contributed by atoms with E-state index in [-0.39, 0.29) is 23.1 Å². The molecule has 6 aromatic rings. The first kappa shape index (κ1) is 22.8. The van der Waals surface area contributed by atoms with Gasteiger partial charge in [0.1, 0.15) is 15.2 Å². The smallest absolute Gasteiger partial charge is 0.165 e. The second kappa shape index (κ2) is 10.1. The van der Waals surface area contributed by atoms with Crippen LogP contribution in [0.3, 0.4) is 0 Å². The van der Waals surface area contributed by atoms with Gasteiger partial charge in [0.25, 0.3) is 0 Å². The fourth-order valence-corrected chi connectivity index (χ4v) is 3.89. The van der Waals surface area contributed by atoms with Crippen LogP contribution in [0.15, 0.2) is 91.1 Å². The molecule has 2 aromatic heterocycles. The largest absolute Gasteiger partial charge is 0.454 e. The van der Waals surface area contributed by atoms with Crippen LogP contribution in [0.5, 0.6) is 23.0 Å². The molecule has 0 atom stereocenters. The molecule has 0 fully saturated rings. The van der Waals surface area contributed by atoms with Gasteiger partial charge in [0.2, 0.25) is 0 Å². The summed E-state index contributed by atoms with van der Waals surface area (Å²) in [6.45, 7) is 0. The van der Waals surface area contributed by atoms with E-state index in [1.54, 1.807) is 66.9 Å². The normalized spacial score (nSPS) is 10.7. The molecule has 0 spiro atoms. The minimum absolute atomic E-state index is 0.210. The molecule has 6 rings (SSSR count). The van der Waals surface area contributed by atoms with Gasteiger partial charge in [-0.2, -0.15) is 10.2 Å². The van der Waals surface area contributed by atoms with Crippen molar-refractivity contribution in [2.45, 2.75) is 0 Å². The predicted molar refractivity (Wildman–Crippen MR) is 138 cm³/mol. The van der Waals surface area contributed by atoms with Crippen LogP contribution in [-0.2, 0) is 0 Å². The summed E-state index contributed by atoms with van der Waals surface area (Å²) in [7, 11) is 0. The molecule has 0 saturated heterocycles. The van der Waals surface area contributed by atoms with Crippen molar-refractivity contribution in [3.8, 4) is 23.0 Å². The van der Waals surface area contributed by atoms with E-state index in [0.29, 0.717) is 11.5 Å². The Morgan fingerprint density at radius 1 is 0.714 bits per heavy atom. The van der Waals surface area contributed by atoms with Crippen molar-refractivity contribution in [3.63, 3.8) is 0 Å². The maximum absolute atomic E-state index is 13.4. The molecule has 0 aliphatic heterocycles. The Kier molecular flexibility index (Phi) is 6.57. The fourth-order valence-electron chi connectivity index (χ4n) is 3.31. The number of hydrogen-bond acceptors (Lipinski definition) is 4. The summed E-state index contributed by atoms with van der Waals surface area (Å²) in [5.74, 6) is 0.808. The average molecular weight is 582 g/mol. The van der Waals surface area contributed by atoms with E-state index in [1.165, 1.54) is 12.1 Å². The molecule has 2 N–H and O–H groups in total. The van der Waals surface area contributed by atoms with Crippen LogP contribution in [0, 0.1) is 15.3 Å². The van der Waals surface area contributed by atoms with Gasteiger partial charge < -0.3 is 9.47 Å². The van der Waals surface area contributed by atoms with Gasteiger partial charge in [-0.15, -0.1) is 0 Å². The molecule has 2 heterocycles. The molecule has 0 saturated carbocycles. The first-order chi connectivity index (χ1) is 17.1. The molecule has 0 aliphatic rings. The van der Waals surface area contributed by atoms with Crippen molar-refractivity contribution in [1.82, 2.24) is 20.4 Å². The molecule has 35 heavy (non-hydrogen) atoms. The molecule has 0 bridgehead atoms. The number of rotatable bonds is 4. The fraction of sp³-hybridized carbons (Fsp3) is 0. The number of hydrogen-bond donors (Lipinski definition) is 2. The number of ether oxygens (including phenoxy) is 2. The van der Waals surface area contributed by atoms with Crippen LogP contribution in [0.25, 0.3) is 21.8 Å². The first-order valence-electron chi connectivity index (χ1n) is 10.5. The van der Waals surface area contributed by atoms with Crippen LogP contribution >= 0.6 is 22.6 Å². The Labute approximate surface area is 212 Å². The highest BCUT2D eigenvalue weighted by atomic mass is 127. The van der Waals surface area contributed by atoms with Gasteiger partial charge in [-0.3, -0.25) is 10.2 Å². The second-order valence-corrected chi connectivity index (χ2v) is 8.48. The van der Waals surface area contributed by atoms with Gasteiger partial charge in [-0.05, 0) is 71.1 Å². The molecular formula is C26H17F2IN4O2. The standard InChI is InChI=1S/C13H8FIN2O.C13H9FN2O/c14-10-3-1-2-4-12(10)18-8-5-6-9-11(7-8)16-17-13(9)15;14-11-3-1-2-4-13(11)17-10-6-5-9-8-15-16-12(9)7-10/h1-7H,(H,16,17);1-8H,(H,15,16). The highest BCUT2D eigenvalue weighted by Crippen LogP contribution is 2.28. The molecule has 9 heteroatoms. The molecule has 0 amide bonds. The Balaban J connectivity index is 0.000000145. The Hall–Kier alpha value is -3.99. The zero-order chi connectivity index (χ0) is 24.2. The quantitative estimate of drug-likeness (QED) is 0.210. The summed E-state index contributed by atoms with van der Waals surface area (Å²) < 4.78 is 38.8. The van der Waals surface area contributed by atoms with E-state index in [9.17, 15) is 8.78 Å². The Morgan fingerprint density at radius 3 is 2.03 bits per heavy atom. The SMILES string of the molecule is Fc1ccccc1Oc1ccc2c(I)[nH]nc2c1.Fc1ccccc1Oc1ccc2cn[nH]c2c1. The van der Waals surface area contributed by atoms with Crippen LogP contribution in [0.1, 0.15) is 0 Å². The third-order valence-electron chi connectivity index (χ3n) is 5.02. The number of H-pyrrole nitrogens is 2. The summed E-state index contributed by atoms with van der Waals surface area (Å²) >= 11 is 2.18. The van der Waals surface area contributed by atoms with Crippen molar-refractivity contribution in [2.75, 3.05) is 0 Å². The molecule has 4 aromatic carbocycles. The molecule has 0 radical (unpaired) electrons. The molecule has 174 valence electrons. The van der Waals surface area contributed by atoms with Crippen LogP contribution in [0.2, 0.25) is 0 Å². The van der Waals surface area contributed by atoms with Crippen molar-refractivity contribution < 1.29 is 18.3 Å². The minimum Gasteiger partial charge on any atom is -0.454 e. The van der Waals surface area contributed by atoms with E-state index in [1.807, 2.05) is 12.1 Å². The predicted octanol–water partition coefficient (Wildman–Crippen LogP) is 7.59. The van der Waals surface area contributed by atoms with E-state index >= 15 is 0 Å². The molecule has 0 unspecified atom stereocenters. The molecule has 6 nitrogen and oxygen atoms in total. The number of nitrogens with one attached hydrogen (secondary N) is 2. The molecule has 0 aliphatic carbocycles. The van der Waals surface area contributed by atoms with Crippen molar-refractivity contribution in [2.24, 2.45) is 0 Å². The van der Waals surface area contributed by atoms with Gasteiger partial charge >= 0.3 is 0 Å². The number of nitrogens with zero attached hydrogens (tertiary/aromatic N) is 2. The van der Waals surface area contributed by atoms with Crippen molar-refractivity contribution in [1.29, 1.82) is 0 Å². The first-order valence-corrected chi connectivity index (χ1v) is 11.6. The van der Waals surface area contributed by atoms with Gasteiger partial charge in [-0.25, -0.2) is 8.78 Å². The Bertz CT molecular complexity index is 1620. The zero-order valence-corrected chi connectivity index (χ0v) is 20.2. The summed E-state index contributed by atoms with van der Waals surface area (Å²) in [4.78, 5) is 0. The topological polar surface area (TPSA) is 75.8 Å². The van der Waals surface area contributed by atoms with Crippen LogP contribution in [-0.4, -0.2) is 20.4 Å². The lowest BCUT2D eigenvalue weighted by Gasteiger charge is -2.06. The summed E-state index contributed by atoms with van der Waals surface area (Å²) in [5, 5.41) is 15.8. The number of fused-ring (bicyclic) bond motifs is 2. The number of aromatic nitrogens is 4. The van der Waals surface area contributed by atoms with E-state index in [0.717, 1.165) is 25.5 Å². The zero-order valence-electron chi connectivity index (χ0n) is 18.0. The number of halogens is 3. The number of benzene rings is 4. The van der Waals surface area contributed by atoms with Gasteiger partial charge in [0.05, 0.1) is 17.2 Å². The van der Waals surface area contributed by atoms with Gasteiger partial charge in [0.15, 0.2) is 23.1 Å². The van der Waals surface area contributed by atoms with Gasteiger partial charge in [-0.1, -0.05) is 24.3 Å². The maximum atomic E-state index is 13.4. The van der Waals surface area contributed by atoms with Crippen molar-refractivity contribution in [3.05, 3.63) is 106 Å². The van der Waals surface area contributed by atoms with Crippen LogP contribution < -0.4 is 9.47 Å². The van der Waals surface area contributed by atoms with Gasteiger partial charge in [0, 0.05) is 22.9 Å². The number of aromatic amines is 2. The van der Waals surface area contributed by atoms with Crippen molar-refractivity contribution >= 4 is 44.4 Å². The average Bonchev–Trinajstić information content (AvgIpc) is 3.48. The monoisotopic (exact) mass is 582 g/mol. The van der Waals surface area contributed by atoms with E-state index in [2.05, 4.69) is 43.0 Å². The van der Waals surface area contributed by atoms with Crippen LogP contribution in [0.4, 0.5) is 8.78 Å². The third-order valence-corrected chi connectivity index (χ3v) is 5.84. The summed E-state index contributed by atoms with van der Waals surface area (Å²) in [6.07, 6.45) is 1.72. The summed E-state index contributed by atoms with van der Waals surface area (Å²) in [6, 6.07) is 23.5. The number of para-hydroxylation sites is 2. The van der Waals surface area contributed by atoms with E-state index in [4.69, 9.17) is 9.47 Å². The lowest BCUT2D eigenvalue weighted by Crippen LogP contribution is -1.87.